The average molecular weight is 275 g/mol. The van der Waals surface area contributed by atoms with Crippen molar-refractivity contribution in [3.63, 3.8) is 0 Å². The summed E-state index contributed by atoms with van der Waals surface area (Å²) < 4.78 is 35.4. The monoisotopic (exact) mass is 275 g/mol. The molecule has 0 radical (unpaired) electrons. The van der Waals surface area contributed by atoms with Gasteiger partial charge >= 0.3 is 0 Å². The number of benzene rings is 1. The molecule has 0 aliphatic heterocycles. The maximum atomic E-state index is 13.4. The van der Waals surface area contributed by atoms with Crippen molar-refractivity contribution in [2.24, 2.45) is 0 Å². The molecule has 4 nitrogen and oxygen atoms in total. The highest BCUT2D eigenvalue weighted by atomic mass is 32.2. The van der Waals surface area contributed by atoms with E-state index in [0.29, 0.717) is 0 Å². The minimum atomic E-state index is -3.06. The van der Waals surface area contributed by atoms with E-state index in [0.717, 1.165) is 6.26 Å². The van der Waals surface area contributed by atoms with Gasteiger partial charge in [0, 0.05) is 24.4 Å². The predicted octanol–water partition coefficient (Wildman–Crippen LogP) is 0.882. The van der Waals surface area contributed by atoms with Crippen molar-refractivity contribution in [1.29, 1.82) is 0 Å². The summed E-state index contributed by atoms with van der Waals surface area (Å²) in [6.07, 6.45) is 0.159. The van der Waals surface area contributed by atoms with E-state index >= 15 is 0 Å². The molecule has 6 heteroatoms. The molecule has 0 saturated carbocycles. The fraction of sp³-hybridized carbons (Fsp3) is 0.500. The number of hydrogen-bond acceptors (Lipinski definition) is 4. The Kier molecular flexibility index (Phi) is 5.25. The van der Waals surface area contributed by atoms with Crippen LogP contribution in [0.25, 0.3) is 0 Å². The van der Waals surface area contributed by atoms with Gasteiger partial charge in [-0.05, 0) is 13.0 Å². The standard InChI is InChI=1S/C12H18FNO3S/c1-9(8-18(2,16)17)14-7-12(15)10-5-3-4-6-11(10)13/h3-6,9,12,14-15H,7-8H2,1-2H3. The Morgan fingerprint density at radius 2 is 2.00 bits per heavy atom. The molecular weight excluding hydrogens is 257 g/mol. The van der Waals surface area contributed by atoms with E-state index in [4.69, 9.17) is 0 Å². The molecule has 0 aromatic heterocycles. The number of nitrogens with one attached hydrogen (secondary N) is 1. The Labute approximate surface area is 107 Å². The molecule has 0 heterocycles. The van der Waals surface area contributed by atoms with Gasteiger partial charge in [0.1, 0.15) is 15.7 Å². The Balaban J connectivity index is 2.52. The van der Waals surface area contributed by atoms with E-state index in [9.17, 15) is 17.9 Å². The quantitative estimate of drug-likeness (QED) is 0.809. The fourth-order valence-electron chi connectivity index (χ4n) is 1.68. The Bertz CT molecular complexity index is 490. The summed E-state index contributed by atoms with van der Waals surface area (Å²) in [6.45, 7) is 1.81. The number of halogens is 1. The highest BCUT2D eigenvalue weighted by Gasteiger charge is 2.15. The molecule has 0 spiro atoms. The van der Waals surface area contributed by atoms with Gasteiger partial charge in [0.05, 0.1) is 11.9 Å². The van der Waals surface area contributed by atoms with Gasteiger partial charge in [-0.1, -0.05) is 18.2 Å². The third-order valence-corrected chi connectivity index (χ3v) is 3.58. The van der Waals surface area contributed by atoms with Crippen molar-refractivity contribution >= 4 is 9.84 Å². The molecule has 102 valence electrons. The van der Waals surface area contributed by atoms with Crippen molar-refractivity contribution in [3.05, 3.63) is 35.6 Å². The summed E-state index contributed by atoms with van der Waals surface area (Å²) in [5.41, 5.74) is 0.205. The summed E-state index contributed by atoms with van der Waals surface area (Å²) in [5, 5.41) is 12.7. The molecule has 0 saturated heterocycles. The van der Waals surface area contributed by atoms with Crippen molar-refractivity contribution in [3.8, 4) is 0 Å². The van der Waals surface area contributed by atoms with E-state index in [-0.39, 0.29) is 23.9 Å². The first-order valence-electron chi connectivity index (χ1n) is 5.63. The Morgan fingerprint density at radius 3 is 2.56 bits per heavy atom. The molecular formula is C12H18FNO3S. The molecule has 2 unspecified atom stereocenters. The second kappa shape index (κ2) is 6.26. The summed E-state index contributed by atoms with van der Waals surface area (Å²) >= 11 is 0. The fourth-order valence-corrected chi connectivity index (χ4v) is 2.71. The van der Waals surface area contributed by atoms with Gasteiger partial charge in [-0.15, -0.1) is 0 Å². The van der Waals surface area contributed by atoms with Gasteiger partial charge in [0.25, 0.3) is 0 Å². The lowest BCUT2D eigenvalue weighted by molar-refractivity contribution is 0.167. The molecule has 0 aliphatic rings. The van der Waals surface area contributed by atoms with Gasteiger partial charge in [0.15, 0.2) is 0 Å². The molecule has 1 aromatic carbocycles. The number of rotatable bonds is 6. The Morgan fingerprint density at radius 1 is 1.39 bits per heavy atom. The van der Waals surface area contributed by atoms with Crippen LogP contribution in [0.15, 0.2) is 24.3 Å². The zero-order valence-electron chi connectivity index (χ0n) is 10.4. The molecule has 1 rings (SSSR count). The maximum absolute atomic E-state index is 13.4. The minimum Gasteiger partial charge on any atom is -0.387 e. The lowest BCUT2D eigenvalue weighted by Crippen LogP contribution is -2.35. The van der Waals surface area contributed by atoms with E-state index in [1.807, 2.05) is 0 Å². The largest absolute Gasteiger partial charge is 0.387 e. The SMILES string of the molecule is CC(CS(C)(=O)=O)NCC(O)c1ccccc1F. The van der Waals surface area contributed by atoms with Crippen LogP contribution >= 0.6 is 0 Å². The van der Waals surface area contributed by atoms with Crippen LogP contribution < -0.4 is 5.32 Å². The van der Waals surface area contributed by atoms with Gasteiger partial charge in [-0.2, -0.15) is 0 Å². The highest BCUT2D eigenvalue weighted by molar-refractivity contribution is 7.90. The van der Waals surface area contributed by atoms with Crippen LogP contribution in [0, 0.1) is 5.82 Å². The normalized spacial score (nSPS) is 15.3. The molecule has 0 bridgehead atoms. The van der Waals surface area contributed by atoms with Gasteiger partial charge in [-0.3, -0.25) is 0 Å². The van der Waals surface area contributed by atoms with E-state index in [1.165, 1.54) is 12.1 Å². The lowest BCUT2D eigenvalue weighted by atomic mass is 10.1. The van der Waals surface area contributed by atoms with Crippen LogP contribution in [0.1, 0.15) is 18.6 Å². The summed E-state index contributed by atoms with van der Waals surface area (Å²) in [6, 6.07) is 5.68. The summed E-state index contributed by atoms with van der Waals surface area (Å²) in [4.78, 5) is 0. The molecule has 2 N–H and O–H groups in total. The lowest BCUT2D eigenvalue weighted by Gasteiger charge is -2.17. The van der Waals surface area contributed by atoms with Crippen LogP contribution in [-0.2, 0) is 9.84 Å². The topological polar surface area (TPSA) is 66.4 Å². The second-order valence-electron chi connectivity index (χ2n) is 4.44. The maximum Gasteiger partial charge on any atom is 0.148 e. The van der Waals surface area contributed by atoms with Crippen LogP contribution in [0.5, 0.6) is 0 Å². The summed E-state index contributed by atoms with van der Waals surface area (Å²) in [5.74, 6) is -0.487. The first-order valence-corrected chi connectivity index (χ1v) is 7.69. The van der Waals surface area contributed by atoms with E-state index < -0.39 is 21.8 Å². The van der Waals surface area contributed by atoms with Crippen molar-refractivity contribution in [2.45, 2.75) is 19.1 Å². The third-order valence-electron chi connectivity index (χ3n) is 2.48. The zero-order chi connectivity index (χ0) is 13.8. The molecule has 18 heavy (non-hydrogen) atoms. The smallest absolute Gasteiger partial charge is 0.148 e. The van der Waals surface area contributed by atoms with E-state index in [1.54, 1.807) is 19.1 Å². The van der Waals surface area contributed by atoms with E-state index in [2.05, 4.69) is 5.32 Å². The van der Waals surface area contributed by atoms with Crippen molar-refractivity contribution < 1.29 is 17.9 Å². The highest BCUT2D eigenvalue weighted by Crippen LogP contribution is 2.15. The zero-order valence-corrected chi connectivity index (χ0v) is 11.2. The van der Waals surface area contributed by atoms with Crippen molar-refractivity contribution in [1.82, 2.24) is 5.32 Å². The predicted molar refractivity (Wildman–Crippen MR) is 68.5 cm³/mol. The van der Waals surface area contributed by atoms with Gasteiger partial charge < -0.3 is 10.4 Å². The van der Waals surface area contributed by atoms with Crippen LogP contribution in [0.3, 0.4) is 0 Å². The molecule has 0 aliphatic carbocycles. The number of aliphatic hydroxyl groups is 1. The average Bonchev–Trinajstić information content (AvgIpc) is 2.24. The van der Waals surface area contributed by atoms with Crippen LogP contribution in [0.2, 0.25) is 0 Å². The third kappa shape index (κ3) is 5.12. The molecule has 0 fully saturated rings. The molecule has 2 atom stereocenters. The van der Waals surface area contributed by atoms with Gasteiger partial charge in [0.2, 0.25) is 0 Å². The minimum absolute atomic E-state index is 0.0169. The number of aliphatic hydroxyl groups excluding tert-OH is 1. The van der Waals surface area contributed by atoms with Gasteiger partial charge in [-0.25, -0.2) is 12.8 Å². The first kappa shape index (κ1) is 15.1. The second-order valence-corrected chi connectivity index (χ2v) is 6.62. The number of hydrogen-bond donors (Lipinski definition) is 2. The molecule has 0 amide bonds. The van der Waals surface area contributed by atoms with Crippen molar-refractivity contribution in [2.75, 3.05) is 18.6 Å². The Hall–Kier alpha value is -0.980. The summed E-state index contributed by atoms with van der Waals surface area (Å²) in [7, 11) is -3.06. The van der Waals surface area contributed by atoms with Crippen LogP contribution in [-0.4, -0.2) is 38.1 Å². The van der Waals surface area contributed by atoms with Crippen LogP contribution in [0.4, 0.5) is 4.39 Å². The number of sulfone groups is 1. The first-order chi connectivity index (χ1) is 8.29. The molecule has 1 aromatic rings.